The molecule has 1 aromatic rings. The Kier molecular flexibility index (Phi) is 11.1. The van der Waals surface area contributed by atoms with Crippen LogP contribution in [0.3, 0.4) is 0 Å². The summed E-state index contributed by atoms with van der Waals surface area (Å²) in [5, 5.41) is 12.8. The van der Waals surface area contributed by atoms with Crippen LogP contribution >= 0.6 is 0 Å². The lowest BCUT2D eigenvalue weighted by Gasteiger charge is -2.29. The van der Waals surface area contributed by atoms with Crippen molar-refractivity contribution in [1.82, 2.24) is 5.32 Å². The number of ketones is 3. The fraction of sp³-hybridized carbons (Fsp3) is 0.630. The van der Waals surface area contributed by atoms with Gasteiger partial charge in [0.1, 0.15) is 11.6 Å². The van der Waals surface area contributed by atoms with Gasteiger partial charge in [-0.05, 0) is 38.2 Å². The average Bonchev–Trinajstić information content (AvgIpc) is 2.83. The van der Waals surface area contributed by atoms with Gasteiger partial charge in [0.2, 0.25) is 5.91 Å². The molecular formula is C27H40N2O5. The van der Waals surface area contributed by atoms with Crippen molar-refractivity contribution < 1.29 is 24.3 Å². The first-order chi connectivity index (χ1) is 16.1. The van der Waals surface area contributed by atoms with E-state index in [9.17, 15) is 24.3 Å². The van der Waals surface area contributed by atoms with Gasteiger partial charge in [0, 0.05) is 37.1 Å². The molecule has 1 amide bonds. The zero-order valence-electron chi connectivity index (χ0n) is 20.7. The van der Waals surface area contributed by atoms with E-state index < -0.39 is 24.0 Å². The van der Waals surface area contributed by atoms with E-state index in [1.54, 1.807) is 13.8 Å². The summed E-state index contributed by atoms with van der Waals surface area (Å²) < 4.78 is 0. The molecule has 1 aliphatic rings. The summed E-state index contributed by atoms with van der Waals surface area (Å²) in [6, 6.07) is 9.03. The normalized spacial score (nSPS) is 20.9. The first-order valence-electron chi connectivity index (χ1n) is 12.5. The molecule has 0 aromatic heterocycles. The Morgan fingerprint density at radius 2 is 1.65 bits per heavy atom. The number of amides is 1. The molecule has 4 N–H and O–H groups in total. The molecule has 0 saturated heterocycles. The minimum absolute atomic E-state index is 0.0430. The van der Waals surface area contributed by atoms with Crippen LogP contribution in [0, 0.1) is 23.7 Å². The van der Waals surface area contributed by atoms with Crippen molar-refractivity contribution in [3.05, 3.63) is 35.9 Å². The fourth-order valence-electron chi connectivity index (χ4n) is 4.68. The Morgan fingerprint density at radius 3 is 2.21 bits per heavy atom. The summed E-state index contributed by atoms with van der Waals surface area (Å²) >= 11 is 0. The Balaban J connectivity index is 1.95. The van der Waals surface area contributed by atoms with Crippen LogP contribution in [0.4, 0.5) is 0 Å². The SMILES string of the molecule is CC(C)C(=O)[C@H](CN)NC(=O)[C@@H](CC(=O)[C@@H]1CCCC(C(=O)CCc2ccccc2)C1)[C@H](C)O. The lowest BCUT2D eigenvalue weighted by Crippen LogP contribution is -2.51. The molecule has 34 heavy (non-hydrogen) atoms. The van der Waals surface area contributed by atoms with Crippen molar-refractivity contribution in [2.75, 3.05) is 6.54 Å². The number of aliphatic hydroxyl groups is 1. The number of nitrogens with two attached hydrogens (primary N) is 1. The lowest BCUT2D eigenvalue weighted by molar-refractivity contribution is -0.137. The van der Waals surface area contributed by atoms with Crippen molar-refractivity contribution in [3.63, 3.8) is 0 Å². The van der Waals surface area contributed by atoms with E-state index in [-0.39, 0.29) is 48.1 Å². The van der Waals surface area contributed by atoms with E-state index in [0.29, 0.717) is 25.7 Å². The van der Waals surface area contributed by atoms with Gasteiger partial charge < -0.3 is 16.2 Å². The van der Waals surface area contributed by atoms with E-state index in [0.717, 1.165) is 18.4 Å². The van der Waals surface area contributed by atoms with Gasteiger partial charge in [-0.2, -0.15) is 0 Å². The molecule has 2 rings (SSSR count). The van der Waals surface area contributed by atoms with Crippen LogP contribution in [0.15, 0.2) is 30.3 Å². The number of aryl methyl sites for hydroxylation is 1. The molecule has 0 radical (unpaired) electrons. The van der Waals surface area contributed by atoms with Gasteiger partial charge in [0.25, 0.3) is 0 Å². The van der Waals surface area contributed by atoms with Crippen LogP contribution in [0.2, 0.25) is 0 Å². The average molecular weight is 473 g/mol. The number of carbonyl (C=O) groups excluding carboxylic acids is 4. The van der Waals surface area contributed by atoms with Crippen LogP contribution in [0.25, 0.3) is 0 Å². The maximum Gasteiger partial charge on any atom is 0.226 e. The van der Waals surface area contributed by atoms with Crippen LogP contribution < -0.4 is 11.1 Å². The highest BCUT2D eigenvalue weighted by molar-refractivity contribution is 5.93. The first kappa shape index (κ1) is 27.9. The maximum atomic E-state index is 13.1. The van der Waals surface area contributed by atoms with Crippen LogP contribution in [-0.4, -0.2) is 47.1 Å². The molecule has 1 aliphatic carbocycles. The van der Waals surface area contributed by atoms with Gasteiger partial charge >= 0.3 is 0 Å². The van der Waals surface area contributed by atoms with E-state index in [4.69, 9.17) is 5.73 Å². The minimum Gasteiger partial charge on any atom is -0.393 e. The van der Waals surface area contributed by atoms with Crippen LogP contribution in [-0.2, 0) is 25.6 Å². The monoisotopic (exact) mass is 472 g/mol. The van der Waals surface area contributed by atoms with Crippen LogP contribution in [0.5, 0.6) is 0 Å². The molecule has 0 spiro atoms. The molecule has 1 aromatic carbocycles. The van der Waals surface area contributed by atoms with Gasteiger partial charge in [-0.1, -0.05) is 50.6 Å². The zero-order chi connectivity index (χ0) is 25.3. The van der Waals surface area contributed by atoms with Crippen molar-refractivity contribution in [1.29, 1.82) is 0 Å². The number of hydrogen-bond donors (Lipinski definition) is 3. The van der Waals surface area contributed by atoms with Crippen LogP contribution in [0.1, 0.15) is 64.9 Å². The summed E-state index contributed by atoms with van der Waals surface area (Å²) in [5.41, 5.74) is 6.78. The Labute approximate surface area is 202 Å². The molecule has 7 nitrogen and oxygen atoms in total. The molecule has 0 aliphatic heterocycles. The molecule has 1 saturated carbocycles. The zero-order valence-corrected chi connectivity index (χ0v) is 20.7. The smallest absolute Gasteiger partial charge is 0.226 e. The molecule has 0 bridgehead atoms. The second-order valence-electron chi connectivity index (χ2n) is 9.88. The van der Waals surface area contributed by atoms with Crippen molar-refractivity contribution in [3.8, 4) is 0 Å². The third-order valence-corrected chi connectivity index (χ3v) is 6.89. The lowest BCUT2D eigenvalue weighted by atomic mass is 9.75. The topological polar surface area (TPSA) is 127 Å². The van der Waals surface area contributed by atoms with Crippen molar-refractivity contribution in [2.24, 2.45) is 29.4 Å². The number of nitrogens with one attached hydrogen (secondary N) is 1. The minimum atomic E-state index is -1.05. The number of carbonyl (C=O) groups is 4. The van der Waals surface area contributed by atoms with Gasteiger partial charge in [-0.25, -0.2) is 0 Å². The number of rotatable bonds is 13. The van der Waals surface area contributed by atoms with E-state index >= 15 is 0 Å². The Bertz CT molecular complexity index is 837. The summed E-state index contributed by atoms with van der Waals surface area (Å²) in [4.78, 5) is 50.9. The van der Waals surface area contributed by atoms with Gasteiger partial charge in [0.15, 0.2) is 5.78 Å². The summed E-state index contributed by atoms with van der Waals surface area (Å²) in [5.74, 6) is -2.35. The van der Waals surface area contributed by atoms with Gasteiger partial charge in [-0.15, -0.1) is 0 Å². The quantitative estimate of drug-likeness (QED) is 0.405. The van der Waals surface area contributed by atoms with E-state index in [1.807, 2.05) is 30.3 Å². The molecular weight excluding hydrogens is 432 g/mol. The number of hydrogen-bond acceptors (Lipinski definition) is 6. The predicted molar refractivity (Wildman–Crippen MR) is 131 cm³/mol. The largest absolute Gasteiger partial charge is 0.393 e. The standard InChI is InChI=1S/C27H40N2O5/c1-17(2)26(33)23(16-28)29-27(34)22(18(3)30)15-25(32)21-11-7-10-20(14-21)24(31)13-12-19-8-5-4-6-9-19/h4-6,8-9,17-18,20-23,30H,7,10-16,28H2,1-3H3,(H,29,34)/t18-,20?,21+,22-,23-/m0/s1. The van der Waals surface area contributed by atoms with Crippen molar-refractivity contribution in [2.45, 2.75) is 77.9 Å². The molecule has 1 unspecified atom stereocenters. The molecule has 1 fully saturated rings. The summed E-state index contributed by atoms with van der Waals surface area (Å²) in [7, 11) is 0. The second kappa shape index (κ2) is 13.5. The molecule has 188 valence electrons. The fourth-order valence-corrected chi connectivity index (χ4v) is 4.68. The van der Waals surface area contributed by atoms with Crippen molar-refractivity contribution >= 4 is 23.3 Å². The summed E-state index contributed by atoms with van der Waals surface area (Å²) in [6.07, 6.45) is 2.74. The molecule has 0 heterocycles. The van der Waals surface area contributed by atoms with E-state index in [1.165, 1.54) is 6.92 Å². The number of aliphatic hydroxyl groups excluding tert-OH is 1. The van der Waals surface area contributed by atoms with Gasteiger partial charge in [0.05, 0.1) is 18.1 Å². The van der Waals surface area contributed by atoms with Gasteiger partial charge in [-0.3, -0.25) is 19.2 Å². The Hall–Kier alpha value is -2.38. The second-order valence-corrected chi connectivity index (χ2v) is 9.88. The molecule has 5 atom stereocenters. The highest BCUT2D eigenvalue weighted by Crippen LogP contribution is 2.33. The number of benzene rings is 1. The summed E-state index contributed by atoms with van der Waals surface area (Å²) in [6.45, 7) is 4.88. The number of Topliss-reactive ketones (excluding diaryl/α,β-unsaturated/α-hetero) is 3. The first-order valence-corrected chi connectivity index (χ1v) is 12.5. The third-order valence-electron chi connectivity index (χ3n) is 6.89. The van der Waals surface area contributed by atoms with E-state index in [2.05, 4.69) is 5.32 Å². The highest BCUT2D eigenvalue weighted by Gasteiger charge is 2.35. The maximum absolute atomic E-state index is 13.1. The third kappa shape index (κ3) is 8.13. The predicted octanol–water partition coefficient (Wildman–Crippen LogP) is 2.62. The molecule has 7 heteroatoms. The Morgan fingerprint density at radius 1 is 1.03 bits per heavy atom. The highest BCUT2D eigenvalue weighted by atomic mass is 16.3.